The van der Waals surface area contributed by atoms with Crippen LogP contribution in [-0.4, -0.2) is 4.98 Å². The molecule has 13 heavy (non-hydrogen) atoms. The van der Waals surface area contributed by atoms with Gasteiger partial charge >= 0.3 is 0 Å². The molecule has 0 saturated heterocycles. The van der Waals surface area contributed by atoms with Gasteiger partial charge in [-0.15, -0.1) is 0 Å². The lowest BCUT2D eigenvalue weighted by Crippen LogP contribution is -2.01. The maximum absolute atomic E-state index is 12.7. The molecule has 1 aromatic heterocycles. The fourth-order valence-corrected chi connectivity index (χ4v) is 2.48. The highest BCUT2D eigenvalue weighted by atomic mass is 127. The molecule has 0 aliphatic heterocycles. The summed E-state index contributed by atoms with van der Waals surface area (Å²) in [5.74, 6) is -0.870. The average molecular weight is 366 g/mol. The van der Waals surface area contributed by atoms with E-state index in [-0.39, 0.29) is 0 Å². The van der Waals surface area contributed by atoms with Crippen molar-refractivity contribution in [3.8, 4) is 0 Å². The number of halogens is 5. The predicted molar refractivity (Wildman–Crippen MR) is 54.5 cm³/mol. The molecule has 0 N–H and O–H groups in total. The molecule has 1 aromatic rings. The average Bonchev–Trinajstić information content (AvgIpc) is 2.08. The van der Waals surface area contributed by atoms with Gasteiger partial charge in [0.05, 0.1) is 0 Å². The van der Waals surface area contributed by atoms with Crippen molar-refractivity contribution in [2.45, 2.75) is 11.8 Å². The van der Waals surface area contributed by atoms with Crippen LogP contribution in [0.2, 0.25) is 0 Å². The summed E-state index contributed by atoms with van der Waals surface area (Å²) in [5, 5.41) is 0.338. The standard InChI is InChI=1S/C7H4BrF3IN/c8-2-3-1-4(9)13-6(5(3)12)7(10)11/h1,7H,2H2. The van der Waals surface area contributed by atoms with Crippen molar-refractivity contribution in [1.82, 2.24) is 4.98 Å². The Balaban J connectivity index is 3.27. The Kier molecular flexibility index (Phi) is 3.96. The van der Waals surface area contributed by atoms with Crippen molar-refractivity contribution >= 4 is 38.5 Å². The summed E-state index contributed by atoms with van der Waals surface area (Å²) < 4.78 is 37.5. The van der Waals surface area contributed by atoms with Crippen LogP contribution in [0, 0.1) is 9.52 Å². The molecule has 0 atom stereocenters. The van der Waals surface area contributed by atoms with Crippen LogP contribution in [0.5, 0.6) is 0 Å². The normalized spacial score (nSPS) is 10.9. The van der Waals surface area contributed by atoms with Crippen molar-refractivity contribution in [2.24, 2.45) is 0 Å². The first-order valence-electron chi connectivity index (χ1n) is 3.25. The number of hydrogen-bond donors (Lipinski definition) is 0. The molecule has 1 nitrogen and oxygen atoms in total. The van der Waals surface area contributed by atoms with Crippen LogP contribution in [0.4, 0.5) is 13.2 Å². The van der Waals surface area contributed by atoms with E-state index in [9.17, 15) is 13.2 Å². The first-order valence-corrected chi connectivity index (χ1v) is 5.45. The van der Waals surface area contributed by atoms with E-state index in [2.05, 4.69) is 20.9 Å². The van der Waals surface area contributed by atoms with Crippen LogP contribution >= 0.6 is 38.5 Å². The minimum atomic E-state index is -2.74. The lowest BCUT2D eigenvalue weighted by molar-refractivity contribution is 0.143. The van der Waals surface area contributed by atoms with Crippen molar-refractivity contribution in [2.75, 3.05) is 0 Å². The van der Waals surface area contributed by atoms with E-state index < -0.39 is 18.1 Å². The zero-order valence-electron chi connectivity index (χ0n) is 6.20. The molecule has 0 bridgehead atoms. The number of nitrogens with zero attached hydrogens (tertiary/aromatic N) is 1. The topological polar surface area (TPSA) is 12.9 Å². The second-order valence-corrected chi connectivity index (χ2v) is 3.88. The maximum atomic E-state index is 12.7. The molecule has 1 heterocycles. The molecule has 1 rings (SSSR count). The Hall–Kier alpha value is 0.150. The van der Waals surface area contributed by atoms with E-state index >= 15 is 0 Å². The SMILES string of the molecule is Fc1cc(CBr)c(I)c(C(F)F)n1. The minimum Gasteiger partial charge on any atom is -0.218 e. The van der Waals surface area contributed by atoms with E-state index in [4.69, 9.17) is 0 Å². The summed E-state index contributed by atoms with van der Waals surface area (Å²) in [5.41, 5.74) is -0.00144. The van der Waals surface area contributed by atoms with Gasteiger partial charge in [-0.2, -0.15) is 4.39 Å². The Labute approximate surface area is 95.0 Å². The summed E-state index contributed by atoms with van der Waals surface area (Å²) in [7, 11) is 0. The predicted octanol–water partition coefficient (Wildman–Crippen LogP) is 3.66. The minimum absolute atomic E-state index is 0.311. The molecule has 0 aliphatic carbocycles. The maximum Gasteiger partial charge on any atom is 0.281 e. The van der Waals surface area contributed by atoms with E-state index in [0.29, 0.717) is 14.5 Å². The van der Waals surface area contributed by atoms with Gasteiger partial charge in [-0.25, -0.2) is 13.8 Å². The van der Waals surface area contributed by atoms with Crippen LogP contribution in [0.25, 0.3) is 0 Å². The largest absolute Gasteiger partial charge is 0.281 e. The Morgan fingerprint density at radius 2 is 2.15 bits per heavy atom. The van der Waals surface area contributed by atoms with Gasteiger partial charge in [0.1, 0.15) is 5.69 Å². The molecule has 72 valence electrons. The van der Waals surface area contributed by atoms with Crippen molar-refractivity contribution in [3.05, 3.63) is 26.8 Å². The van der Waals surface area contributed by atoms with Crippen LogP contribution in [-0.2, 0) is 5.33 Å². The van der Waals surface area contributed by atoms with Gasteiger partial charge in [-0.05, 0) is 34.2 Å². The van der Waals surface area contributed by atoms with E-state index in [1.54, 1.807) is 22.6 Å². The molecule has 0 aromatic carbocycles. The van der Waals surface area contributed by atoms with Crippen molar-refractivity contribution in [1.29, 1.82) is 0 Å². The zero-order chi connectivity index (χ0) is 10.0. The summed E-state index contributed by atoms with van der Waals surface area (Å²) in [4.78, 5) is 3.14. The second-order valence-electron chi connectivity index (χ2n) is 2.24. The van der Waals surface area contributed by atoms with Gasteiger partial charge < -0.3 is 0 Å². The summed E-state index contributed by atoms with van der Waals surface area (Å²) >= 11 is 4.82. The fraction of sp³-hybridized carbons (Fsp3) is 0.286. The van der Waals surface area contributed by atoms with Crippen molar-refractivity contribution in [3.63, 3.8) is 0 Å². The van der Waals surface area contributed by atoms with Crippen LogP contribution in [0.1, 0.15) is 17.7 Å². The fourth-order valence-electron chi connectivity index (χ4n) is 0.810. The lowest BCUT2D eigenvalue weighted by atomic mass is 10.2. The van der Waals surface area contributed by atoms with E-state index in [0.717, 1.165) is 6.07 Å². The summed E-state index contributed by atoms with van der Waals surface area (Å²) in [6, 6.07) is 1.14. The molecule has 6 heteroatoms. The summed E-state index contributed by atoms with van der Waals surface area (Å²) in [6.45, 7) is 0. The molecule has 0 amide bonds. The molecule has 0 spiro atoms. The number of pyridine rings is 1. The second kappa shape index (κ2) is 4.59. The van der Waals surface area contributed by atoms with Gasteiger partial charge in [0.2, 0.25) is 5.95 Å². The first-order chi connectivity index (χ1) is 6.06. The quantitative estimate of drug-likeness (QED) is 0.443. The van der Waals surface area contributed by atoms with Gasteiger partial charge in [-0.3, -0.25) is 0 Å². The smallest absolute Gasteiger partial charge is 0.218 e. The monoisotopic (exact) mass is 365 g/mol. The molecule has 0 aliphatic rings. The van der Waals surface area contributed by atoms with Gasteiger partial charge in [-0.1, -0.05) is 15.9 Å². The number of aromatic nitrogens is 1. The molecule has 0 fully saturated rings. The van der Waals surface area contributed by atoms with Gasteiger partial charge in [0, 0.05) is 8.90 Å². The summed E-state index contributed by atoms with van der Waals surface area (Å²) in [6.07, 6.45) is -2.74. The molecule has 0 radical (unpaired) electrons. The van der Waals surface area contributed by atoms with E-state index in [1.807, 2.05) is 0 Å². The third-order valence-corrected chi connectivity index (χ3v) is 3.23. The Morgan fingerprint density at radius 1 is 1.54 bits per heavy atom. The van der Waals surface area contributed by atoms with Gasteiger partial charge in [0.15, 0.2) is 0 Å². The highest BCUT2D eigenvalue weighted by molar-refractivity contribution is 14.1. The highest BCUT2D eigenvalue weighted by Gasteiger charge is 2.17. The first kappa shape index (κ1) is 11.2. The van der Waals surface area contributed by atoms with Crippen LogP contribution < -0.4 is 0 Å². The molecular weight excluding hydrogens is 362 g/mol. The Bertz CT molecular complexity index is 319. The van der Waals surface area contributed by atoms with Crippen molar-refractivity contribution < 1.29 is 13.2 Å². The lowest BCUT2D eigenvalue weighted by Gasteiger charge is -2.06. The third kappa shape index (κ3) is 2.55. The van der Waals surface area contributed by atoms with Crippen LogP contribution in [0.15, 0.2) is 6.07 Å². The zero-order valence-corrected chi connectivity index (χ0v) is 9.94. The highest BCUT2D eigenvalue weighted by Crippen LogP contribution is 2.26. The van der Waals surface area contributed by atoms with Crippen LogP contribution in [0.3, 0.4) is 0 Å². The van der Waals surface area contributed by atoms with E-state index in [1.165, 1.54) is 0 Å². The Morgan fingerprint density at radius 3 is 2.62 bits per heavy atom. The molecular formula is C7H4BrF3IN. The van der Waals surface area contributed by atoms with Gasteiger partial charge in [0.25, 0.3) is 6.43 Å². The number of hydrogen-bond acceptors (Lipinski definition) is 1. The third-order valence-electron chi connectivity index (χ3n) is 1.38. The molecule has 0 unspecified atom stereocenters. The molecule has 0 saturated carbocycles. The number of alkyl halides is 3. The number of rotatable bonds is 2.